The molecule has 0 radical (unpaired) electrons. The molecule has 2 rings (SSSR count). The number of nitrogens with two attached hydrogens (primary N) is 1. The summed E-state index contributed by atoms with van der Waals surface area (Å²) in [5.41, 5.74) is 5.56. The molecule has 0 unspecified atom stereocenters. The molecule has 5 nitrogen and oxygen atoms in total. The van der Waals surface area contributed by atoms with Gasteiger partial charge in [-0.1, -0.05) is 23.5 Å². The molecule has 0 spiro atoms. The number of hydrogen-bond acceptors (Lipinski definition) is 5. The monoisotopic (exact) mass is 269 g/mol. The predicted octanol–water partition coefficient (Wildman–Crippen LogP) is 1.87. The van der Waals surface area contributed by atoms with Crippen LogP contribution in [-0.2, 0) is 6.61 Å². The number of amides is 1. The summed E-state index contributed by atoms with van der Waals surface area (Å²) >= 11 is 6.86. The van der Waals surface area contributed by atoms with Crippen LogP contribution in [0.2, 0.25) is 4.47 Å². The molecular weight excluding hydrogens is 262 g/mol. The molecule has 1 aromatic heterocycles. The van der Waals surface area contributed by atoms with E-state index in [9.17, 15) is 4.79 Å². The van der Waals surface area contributed by atoms with Gasteiger partial charge in [0.25, 0.3) is 5.91 Å². The number of hydrogen-bond donors (Lipinski definition) is 1. The number of primary amides is 1. The maximum absolute atomic E-state index is 11.1. The van der Waals surface area contributed by atoms with Crippen molar-refractivity contribution in [2.24, 2.45) is 5.73 Å². The average Bonchev–Trinajstić information content (AvgIpc) is 2.73. The molecule has 1 aromatic carbocycles. The van der Waals surface area contributed by atoms with Crippen LogP contribution in [0, 0.1) is 0 Å². The summed E-state index contributed by atoms with van der Waals surface area (Å²) < 4.78 is 5.80. The van der Waals surface area contributed by atoms with Gasteiger partial charge in [-0.05, 0) is 23.7 Å². The quantitative estimate of drug-likeness (QED) is 0.919. The topological polar surface area (TPSA) is 78.1 Å². The van der Waals surface area contributed by atoms with Gasteiger partial charge in [-0.25, -0.2) is 0 Å². The number of nitrogens with zero attached hydrogens (tertiary/aromatic N) is 2. The van der Waals surface area contributed by atoms with E-state index in [4.69, 9.17) is 22.1 Å². The Bertz CT molecular complexity index is 544. The molecule has 1 heterocycles. The van der Waals surface area contributed by atoms with E-state index in [-0.39, 0.29) is 6.61 Å². The third kappa shape index (κ3) is 2.92. The third-order valence-corrected chi connectivity index (χ3v) is 2.94. The summed E-state index contributed by atoms with van der Waals surface area (Å²) in [7, 11) is 0. The lowest BCUT2D eigenvalue weighted by Crippen LogP contribution is -2.12. The third-order valence-electron chi connectivity index (χ3n) is 1.95. The van der Waals surface area contributed by atoms with Gasteiger partial charge >= 0.3 is 0 Å². The van der Waals surface area contributed by atoms with Crippen molar-refractivity contribution >= 4 is 28.8 Å². The van der Waals surface area contributed by atoms with Crippen LogP contribution in [0.5, 0.6) is 5.75 Å². The number of para-hydroxylation sites is 1. The average molecular weight is 270 g/mol. The number of carbonyl (C=O) groups is 1. The van der Waals surface area contributed by atoms with Gasteiger partial charge in [-0.15, -0.1) is 10.2 Å². The van der Waals surface area contributed by atoms with E-state index in [1.165, 1.54) is 11.3 Å². The van der Waals surface area contributed by atoms with Crippen molar-refractivity contribution in [1.82, 2.24) is 10.2 Å². The number of aromatic nitrogens is 2. The normalized spacial score (nSPS) is 10.2. The van der Waals surface area contributed by atoms with E-state index in [1.807, 2.05) is 0 Å². The minimum Gasteiger partial charge on any atom is -0.486 e. The van der Waals surface area contributed by atoms with Gasteiger partial charge in [0.1, 0.15) is 12.4 Å². The van der Waals surface area contributed by atoms with Crippen LogP contribution < -0.4 is 10.5 Å². The molecule has 88 valence electrons. The lowest BCUT2D eigenvalue weighted by Gasteiger charge is -2.07. The minimum atomic E-state index is -0.532. The second-order valence-corrected chi connectivity index (χ2v) is 4.74. The Morgan fingerprint density at radius 1 is 1.41 bits per heavy atom. The Labute approximate surface area is 106 Å². The summed E-state index contributed by atoms with van der Waals surface area (Å²) in [6.07, 6.45) is 0. The summed E-state index contributed by atoms with van der Waals surface area (Å²) in [6.45, 7) is 0.203. The molecule has 0 fully saturated rings. The van der Waals surface area contributed by atoms with E-state index >= 15 is 0 Å². The number of rotatable bonds is 4. The Morgan fingerprint density at radius 3 is 2.82 bits per heavy atom. The maximum atomic E-state index is 11.1. The first-order chi connectivity index (χ1) is 8.16. The summed E-state index contributed by atoms with van der Waals surface area (Å²) in [4.78, 5) is 11.1. The predicted molar refractivity (Wildman–Crippen MR) is 64.2 cm³/mol. The van der Waals surface area contributed by atoms with Gasteiger partial charge in [0.05, 0.1) is 5.56 Å². The molecule has 0 aliphatic carbocycles. The minimum absolute atomic E-state index is 0.203. The second-order valence-electron chi connectivity index (χ2n) is 3.10. The number of carbonyl (C=O) groups excluding carboxylic acids is 1. The molecule has 2 N–H and O–H groups in total. The Kier molecular flexibility index (Phi) is 3.55. The number of ether oxygens (including phenoxy) is 1. The maximum Gasteiger partial charge on any atom is 0.252 e. The van der Waals surface area contributed by atoms with Crippen molar-refractivity contribution in [2.45, 2.75) is 6.61 Å². The van der Waals surface area contributed by atoms with Crippen LogP contribution in [0.3, 0.4) is 0 Å². The van der Waals surface area contributed by atoms with Crippen LogP contribution in [-0.4, -0.2) is 16.1 Å². The van der Waals surface area contributed by atoms with Gasteiger partial charge in [0.15, 0.2) is 5.01 Å². The zero-order valence-corrected chi connectivity index (χ0v) is 10.2. The highest BCUT2D eigenvalue weighted by Gasteiger charge is 2.09. The summed E-state index contributed by atoms with van der Waals surface area (Å²) in [5, 5.41) is 8.08. The van der Waals surface area contributed by atoms with Crippen molar-refractivity contribution in [3.63, 3.8) is 0 Å². The first kappa shape index (κ1) is 11.8. The Hall–Kier alpha value is -1.66. The SMILES string of the molecule is NC(=O)c1ccccc1OCc1nnc(Cl)s1. The molecule has 2 aromatic rings. The largest absolute Gasteiger partial charge is 0.486 e. The molecule has 0 bridgehead atoms. The van der Waals surface area contributed by atoms with Crippen molar-refractivity contribution in [3.8, 4) is 5.75 Å². The van der Waals surface area contributed by atoms with Crippen LogP contribution in [0.15, 0.2) is 24.3 Å². The Balaban J connectivity index is 2.11. The number of halogens is 1. The fourth-order valence-electron chi connectivity index (χ4n) is 1.23. The smallest absolute Gasteiger partial charge is 0.252 e. The van der Waals surface area contributed by atoms with Gasteiger partial charge < -0.3 is 10.5 Å². The van der Waals surface area contributed by atoms with Crippen molar-refractivity contribution in [3.05, 3.63) is 39.3 Å². The summed E-state index contributed by atoms with van der Waals surface area (Å²) in [6, 6.07) is 6.75. The molecule has 7 heteroatoms. The van der Waals surface area contributed by atoms with Crippen LogP contribution in [0.4, 0.5) is 0 Å². The molecule has 0 saturated carbocycles. The molecule has 0 aliphatic heterocycles. The number of benzene rings is 1. The first-order valence-corrected chi connectivity index (χ1v) is 5.86. The van der Waals surface area contributed by atoms with E-state index in [2.05, 4.69) is 10.2 Å². The molecular formula is C10H8ClN3O2S. The fourth-order valence-corrected chi connectivity index (χ4v) is 2.01. The van der Waals surface area contributed by atoms with E-state index in [0.29, 0.717) is 20.8 Å². The first-order valence-electron chi connectivity index (χ1n) is 4.66. The van der Waals surface area contributed by atoms with Gasteiger partial charge in [0.2, 0.25) is 4.47 Å². The van der Waals surface area contributed by atoms with Crippen molar-refractivity contribution in [1.29, 1.82) is 0 Å². The van der Waals surface area contributed by atoms with Crippen molar-refractivity contribution in [2.75, 3.05) is 0 Å². The molecule has 17 heavy (non-hydrogen) atoms. The van der Waals surface area contributed by atoms with Crippen LogP contribution >= 0.6 is 22.9 Å². The zero-order chi connectivity index (χ0) is 12.3. The van der Waals surface area contributed by atoms with Gasteiger partial charge in [-0.3, -0.25) is 4.79 Å². The lowest BCUT2D eigenvalue weighted by molar-refractivity contribution is 0.0996. The molecule has 0 atom stereocenters. The van der Waals surface area contributed by atoms with E-state index in [1.54, 1.807) is 24.3 Å². The molecule has 0 aliphatic rings. The Morgan fingerprint density at radius 2 is 2.18 bits per heavy atom. The lowest BCUT2D eigenvalue weighted by atomic mass is 10.2. The van der Waals surface area contributed by atoms with E-state index in [0.717, 1.165) is 0 Å². The van der Waals surface area contributed by atoms with Gasteiger partial charge in [0, 0.05) is 0 Å². The second kappa shape index (κ2) is 5.11. The van der Waals surface area contributed by atoms with Crippen molar-refractivity contribution < 1.29 is 9.53 Å². The fraction of sp³-hybridized carbons (Fsp3) is 0.100. The van der Waals surface area contributed by atoms with Gasteiger partial charge in [-0.2, -0.15) is 0 Å². The molecule has 1 amide bonds. The van der Waals surface area contributed by atoms with Crippen LogP contribution in [0.25, 0.3) is 0 Å². The molecule has 0 saturated heterocycles. The highest BCUT2D eigenvalue weighted by molar-refractivity contribution is 7.15. The van der Waals surface area contributed by atoms with E-state index < -0.39 is 5.91 Å². The van der Waals surface area contributed by atoms with Crippen LogP contribution in [0.1, 0.15) is 15.4 Å². The standard InChI is InChI=1S/C10H8ClN3O2S/c11-10-14-13-8(17-10)5-16-7-4-2-1-3-6(7)9(12)15/h1-4H,5H2,(H2,12,15). The zero-order valence-electron chi connectivity index (χ0n) is 8.59. The highest BCUT2D eigenvalue weighted by atomic mass is 35.5. The summed E-state index contributed by atoms with van der Waals surface area (Å²) in [5.74, 6) is -0.109. The highest BCUT2D eigenvalue weighted by Crippen LogP contribution is 2.20.